The molecule has 3 atom stereocenters. The highest BCUT2D eigenvalue weighted by Crippen LogP contribution is 2.65. The molecule has 1 N–H and O–H groups in total. The first-order valence-corrected chi connectivity index (χ1v) is 3.64. The highest BCUT2D eigenvalue weighted by atomic mass is 19.3. The van der Waals surface area contributed by atoms with E-state index in [0.717, 1.165) is 0 Å². The summed E-state index contributed by atoms with van der Waals surface area (Å²) in [4.78, 5) is 10.3. The van der Waals surface area contributed by atoms with Gasteiger partial charge in [-0.05, 0) is 12.8 Å². The van der Waals surface area contributed by atoms with E-state index in [0.29, 0.717) is 0 Å². The Kier molecular flexibility index (Phi) is 1.10. The second-order valence-corrected chi connectivity index (χ2v) is 3.39. The Balaban J connectivity index is 2.00. The molecule has 0 spiro atoms. The zero-order chi connectivity index (χ0) is 8.22. The van der Waals surface area contributed by atoms with Crippen LogP contribution in [0.25, 0.3) is 0 Å². The molecule has 0 aliphatic heterocycles. The minimum Gasteiger partial charge on any atom is -0.481 e. The Morgan fingerprint density at radius 2 is 1.82 bits per heavy atom. The summed E-state index contributed by atoms with van der Waals surface area (Å²) in [5, 5.41) is 8.48. The molecule has 11 heavy (non-hydrogen) atoms. The van der Waals surface area contributed by atoms with E-state index in [1.54, 1.807) is 0 Å². The maximum Gasteiger partial charge on any atom is 0.306 e. The lowest BCUT2D eigenvalue weighted by Crippen LogP contribution is -2.15. The summed E-state index contributed by atoms with van der Waals surface area (Å²) in [5.41, 5.74) is 0. The van der Waals surface area contributed by atoms with Crippen molar-refractivity contribution in [1.29, 1.82) is 0 Å². The average molecular weight is 162 g/mol. The molecule has 0 radical (unpaired) electrons. The van der Waals surface area contributed by atoms with Gasteiger partial charge in [0.1, 0.15) is 0 Å². The van der Waals surface area contributed by atoms with Gasteiger partial charge >= 0.3 is 5.97 Å². The van der Waals surface area contributed by atoms with Crippen molar-refractivity contribution in [2.75, 3.05) is 0 Å². The first-order valence-electron chi connectivity index (χ1n) is 3.64. The Bertz CT molecular complexity index is 200. The molecule has 2 rings (SSSR count). The van der Waals surface area contributed by atoms with Crippen LogP contribution in [0.5, 0.6) is 0 Å². The summed E-state index contributed by atoms with van der Waals surface area (Å²) in [7, 11) is 0. The van der Waals surface area contributed by atoms with Gasteiger partial charge in [0.05, 0.1) is 5.92 Å². The molecule has 0 saturated heterocycles. The smallest absolute Gasteiger partial charge is 0.306 e. The van der Waals surface area contributed by atoms with E-state index in [1.165, 1.54) is 0 Å². The van der Waals surface area contributed by atoms with Gasteiger partial charge in [0.2, 0.25) is 0 Å². The van der Waals surface area contributed by atoms with E-state index in [4.69, 9.17) is 5.11 Å². The van der Waals surface area contributed by atoms with Crippen molar-refractivity contribution in [3.8, 4) is 0 Å². The predicted octanol–water partition coefficient (Wildman–Crippen LogP) is 1.36. The number of carboxylic acids is 1. The lowest BCUT2D eigenvalue weighted by Gasteiger charge is -2.07. The third-order valence-corrected chi connectivity index (χ3v) is 2.79. The quantitative estimate of drug-likeness (QED) is 0.632. The summed E-state index contributed by atoms with van der Waals surface area (Å²) in [5.74, 6) is -5.21. The van der Waals surface area contributed by atoms with E-state index in [9.17, 15) is 13.6 Å². The molecule has 2 nitrogen and oxygen atoms in total. The Hall–Kier alpha value is -0.670. The van der Waals surface area contributed by atoms with Gasteiger partial charge in [0.15, 0.2) is 0 Å². The van der Waals surface area contributed by atoms with Crippen LogP contribution < -0.4 is 0 Å². The van der Waals surface area contributed by atoms with Gasteiger partial charge in [-0.15, -0.1) is 0 Å². The van der Waals surface area contributed by atoms with Crippen LogP contribution in [0.1, 0.15) is 12.8 Å². The minimum atomic E-state index is -2.54. The Morgan fingerprint density at radius 3 is 2.18 bits per heavy atom. The summed E-state index contributed by atoms with van der Waals surface area (Å²) >= 11 is 0. The maximum atomic E-state index is 12.5. The summed E-state index contributed by atoms with van der Waals surface area (Å²) in [6, 6.07) is 0. The van der Waals surface area contributed by atoms with Crippen molar-refractivity contribution in [2.45, 2.75) is 18.8 Å². The topological polar surface area (TPSA) is 37.3 Å². The fraction of sp³-hybridized carbons (Fsp3) is 0.857. The fourth-order valence-corrected chi connectivity index (χ4v) is 2.01. The van der Waals surface area contributed by atoms with Crippen molar-refractivity contribution in [1.82, 2.24) is 0 Å². The monoisotopic (exact) mass is 162 g/mol. The van der Waals surface area contributed by atoms with E-state index in [2.05, 4.69) is 0 Å². The summed E-state index contributed by atoms with van der Waals surface area (Å²) in [6.07, 6.45) is 0.347. The number of hydrogen-bond donors (Lipinski definition) is 1. The molecule has 2 fully saturated rings. The van der Waals surface area contributed by atoms with E-state index in [1.807, 2.05) is 0 Å². The van der Waals surface area contributed by atoms with Crippen molar-refractivity contribution in [2.24, 2.45) is 17.8 Å². The number of fused-ring (bicyclic) bond motifs is 1. The number of rotatable bonds is 1. The molecule has 0 heterocycles. The van der Waals surface area contributed by atoms with Crippen LogP contribution in [0.15, 0.2) is 0 Å². The molecule has 0 aromatic rings. The number of halogens is 2. The van der Waals surface area contributed by atoms with Crippen LogP contribution in [-0.4, -0.2) is 17.0 Å². The normalized spacial score (nSPS) is 45.1. The molecule has 0 bridgehead atoms. The molecule has 62 valence electrons. The summed E-state index contributed by atoms with van der Waals surface area (Å²) in [6.45, 7) is 0. The zero-order valence-corrected chi connectivity index (χ0v) is 5.76. The van der Waals surface area contributed by atoms with E-state index < -0.39 is 29.6 Å². The molecule has 2 aliphatic carbocycles. The van der Waals surface area contributed by atoms with Gasteiger partial charge in [0.25, 0.3) is 5.92 Å². The molecule has 0 aromatic heterocycles. The minimum absolute atomic E-state index is 0.174. The fourth-order valence-electron chi connectivity index (χ4n) is 2.01. The van der Waals surface area contributed by atoms with Gasteiger partial charge in [-0.3, -0.25) is 4.79 Å². The molecule has 2 saturated carbocycles. The Morgan fingerprint density at radius 1 is 1.36 bits per heavy atom. The highest BCUT2D eigenvalue weighted by Gasteiger charge is 2.72. The molecule has 0 unspecified atom stereocenters. The lowest BCUT2D eigenvalue weighted by atomic mass is 10.0. The van der Waals surface area contributed by atoms with Crippen molar-refractivity contribution in [3.63, 3.8) is 0 Å². The summed E-state index contributed by atoms with van der Waals surface area (Å²) < 4.78 is 25.0. The largest absolute Gasteiger partial charge is 0.481 e. The third-order valence-electron chi connectivity index (χ3n) is 2.79. The van der Waals surface area contributed by atoms with E-state index in [-0.39, 0.29) is 12.8 Å². The highest BCUT2D eigenvalue weighted by molar-refractivity contribution is 5.71. The molecule has 2 aliphatic rings. The van der Waals surface area contributed by atoms with Gasteiger partial charge in [-0.1, -0.05) is 0 Å². The maximum absolute atomic E-state index is 12.5. The third kappa shape index (κ3) is 0.781. The van der Waals surface area contributed by atoms with Crippen molar-refractivity contribution >= 4 is 5.97 Å². The van der Waals surface area contributed by atoms with Gasteiger partial charge in [-0.25, -0.2) is 8.78 Å². The number of carboxylic acid groups (broad SMARTS) is 1. The number of alkyl halides is 2. The number of hydrogen-bond acceptors (Lipinski definition) is 1. The molecular weight excluding hydrogens is 154 g/mol. The average Bonchev–Trinajstić information content (AvgIpc) is 2.28. The first kappa shape index (κ1) is 7.00. The van der Waals surface area contributed by atoms with Crippen molar-refractivity contribution < 1.29 is 18.7 Å². The predicted molar refractivity (Wildman–Crippen MR) is 32.3 cm³/mol. The van der Waals surface area contributed by atoms with E-state index >= 15 is 0 Å². The number of aliphatic carboxylic acids is 1. The molecule has 4 heteroatoms. The van der Waals surface area contributed by atoms with Crippen LogP contribution in [-0.2, 0) is 4.79 Å². The van der Waals surface area contributed by atoms with Crippen LogP contribution in [0, 0.1) is 17.8 Å². The van der Waals surface area contributed by atoms with Crippen LogP contribution in [0.4, 0.5) is 8.78 Å². The molecule has 0 aromatic carbocycles. The van der Waals surface area contributed by atoms with Gasteiger partial charge in [-0.2, -0.15) is 0 Å². The van der Waals surface area contributed by atoms with Crippen LogP contribution >= 0.6 is 0 Å². The zero-order valence-electron chi connectivity index (χ0n) is 5.76. The van der Waals surface area contributed by atoms with Gasteiger partial charge < -0.3 is 5.11 Å². The second-order valence-electron chi connectivity index (χ2n) is 3.39. The molecule has 0 amide bonds. The van der Waals surface area contributed by atoms with Crippen LogP contribution in [0.2, 0.25) is 0 Å². The molecular formula is C7H8F2O2. The standard InChI is InChI=1S/C7H8F2O2/c8-7(9)4-1-3(6(10)11)2-5(4)7/h3-5H,1-2H2,(H,10,11)/t3-,4-,5+. The second kappa shape index (κ2) is 1.73. The Labute approximate surface area is 62.2 Å². The van der Waals surface area contributed by atoms with Crippen LogP contribution in [0.3, 0.4) is 0 Å². The number of carbonyl (C=O) groups is 1. The SMILES string of the molecule is O=C(O)[C@@H]1C[C@@H]2[C@H](C1)C2(F)F. The first-order chi connectivity index (χ1) is 5.03. The van der Waals surface area contributed by atoms with Crippen molar-refractivity contribution in [3.05, 3.63) is 0 Å². The lowest BCUT2D eigenvalue weighted by molar-refractivity contribution is -0.142. The van der Waals surface area contributed by atoms with Gasteiger partial charge in [0, 0.05) is 11.8 Å².